The van der Waals surface area contributed by atoms with Gasteiger partial charge in [0.25, 0.3) is 0 Å². The molecule has 5 nitrogen and oxygen atoms in total. The summed E-state index contributed by atoms with van der Waals surface area (Å²) in [6.07, 6.45) is 3.77. The highest BCUT2D eigenvalue weighted by atomic mass is 127. The maximum Gasteiger partial charge on any atom is 0.193 e. The lowest BCUT2D eigenvalue weighted by Crippen LogP contribution is -2.57. The number of halogens is 1. The van der Waals surface area contributed by atoms with Gasteiger partial charge in [-0.2, -0.15) is 0 Å². The molecule has 30 heavy (non-hydrogen) atoms. The van der Waals surface area contributed by atoms with E-state index in [2.05, 4.69) is 50.4 Å². The van der Waals surface area contributed by atoms with Gasteiger partial charge in [0.2, 0.25) is 0 Å². The monoisotopic (exact) mass is 546 g/mol. The first-order valence-corrected chi connectivity index (χ1v) is 12.3. The van der Waals surface area contributed by atoms with Gasteiger partial charge in [0, 0.05) is 60.6 Å². The first-order valence-electron chi connectivity index (χ1n) is 11.0. The third kappa shape index (κ3) is 6.92. The molecule has 2 saturated heterocycles. The topological polar surface area (TPSA) is 47.9 Å². The van der Waals surface area contributed by atoms with Crippen molar-refractivity contribution in [2.75, 3.05) is 39.0 Å². The molecule has 0 bridgehead atoms. The second-order valence-electron chi connectivity index (χ2n) is 9.30. The molecule has 3 unspecified atom stereocenters. The Kier molecular flexibility index (Phi) is 10.1. The number of nitrogens with one attached hydrogen (secondary N) is 1. The summed E-state index contributed by atoms with van der Waals surface area (Å²) >= 11 is 0. The van der Waals surface area contributed by atoms with Gasteiger partial charge in [-0.1, -0.05) is 30.3 Å². The summed E-state index contributed by atoms with van der Waals surface area (Å²) in [5.41, 5.74) is 1.42. The molecule has 0 amide bonds. The molecule has 1 N–H and O–H groups in total. The van der Waals surface area contributed by atoms with E-state index >= 15 is 0 Å². The molecule has 0 spiro atoms. The number of nitrogens with zero attached hydrogens (tertiary/aromatic N) is 3. The molecule has 2 fully saturated rings. The number of likely N-dealkylation sites (tertiary alicyclic amines) is 2. The molecular formula is C23H39IN4OS. The summed E-state index contributed by atoms with van der Waals surface area (Å²) in [6.45, 7) is 11.2. The van der Waals surface area contributed by atoms with E-state index in [4.69, 9.17) is 0 Å². The second-order valence-corrected chi connectivity index (χ2v) is 11.6. The van der Waals surface area contributed by atoms with Gasteiger partial charge in [-0.3, -0.25) is 14.1 Å². The Hall–Kier alpha value is -0.670. The van der Waals surface area contributed by atoms with Crippen LogP contribution in [0.3, 0.4) is 0 Å². The molecule has 3 atom stereocenters. The highest BCUT2D eigenvalue weighted by molar-refractivity contribution is 14.0. The molecule has 0 aliphatic carbocycles. The molecule has 0 aromatic heterocycles. The number of hydrogen-bond donors (Lipinski definition) is 1. The van der Waals surface area contributed by atoms with Crippen LogP contribution in [-0.4, -0.2) is 69.7 Å². The normalized spacial score (nSPS) is 24.0. The van der Waals surface area contributed by atoms with Gasteiger partial charge in [0.15, 0.2) is 5.96 Å². The summed E-state index contributed by atoms with van der Waals surface area (Å²) in [5.74, 6) is 2.32. The van der Waals surface area contributed by atoms with Crippen LogP contribution in [0.4, 0.5) is 0 Å². The summed E-state index contributed by atoms with van der Waals surface area (Å²) in [4.78, 5) is 9.62. The van der Waals surface area contributed by atoms with Crippen molar-refractivity contribution in [1.82, 2.24) is 15.1 Å². The van der Waals surface area contributed by atoms with Crippen molar-refractivity contribution in [2.45, 2.75) is 57.4 Å². The lowest BCUT2D eigenvalue weighted by atomic mass is 9.83. The number of fused-ring (bicyclic) bond motifs is 1. The van der Waals surface area contributed by atoms with E-state index in [1.54, 1.807) is 0 Å². The highest BCUT2D eigenvalue weighted by Gasteiger charge is 2.36. The fraction of sp³-hybridized carbons (Fsp3) is 0.696. The molecule has 0 radical (unpaired) electrons. The third-order valence-corrected chi connectivity index (χ3v) is 8.12. The van der Waals surface area contributed by atoms with Crippen LogP contribution < -0.4 is 5.32 Å². The fourth-order valence-corrected chi connectivity index (χ4v) is 5.51. The van der Waals surface area contributed by atoms with E-state index in [0.717, 1.165) is 25.6 Å². The van der Waals surface area contributed by atoms with Gasteiger partial charge in [-0.15, -0.1) is 24.0 Å². The first-order chi connectivity index (χ1) is 13.9. The zero-order valence-corrected chi connectivity index (χ0v) is 22.1. The molecule has 2 heterocycles. The Morgan fingerprint density at radius 1 is 1.20 bits per heavy atom. The van der Waals surface area contributed by atoms with Crippen LogP contribution in [0, 0.1) is 5.92 Å². The van der Waals surface area contributed by atoms with Crippen molar-refractivity contribution < 1.29 is 4.21 Å². The van der Waals surface area contributed by atoms with Crippen LogP contribution in [-0.2, 0) is 17.3 Å². The summed E-state index contributed by atoms with van der Waals surface area (Å²) in [6, 6.07) is 11.5. The zero-order valence-electron chi connectivity index (χ0n) is 19.0. The molecule has 3 rings (SSSR count). The Labute approximate surface area is 202 Å². The molecule has 2 aliphatic heterocycles. The molecular weight excluding hydrogens is 507 g/mol. The minimum atomic E-state index is -0.834. The summed E-state index contributed by atoms with van der Waals surface area (Å²) in [5, 5.41) is 3.46. The largest absolute Gasteiger partial charge is 0.355 e. The third-order valence-electron chi connectivity index (χ3n) is 6.18. The van der Waals surface area contributed by atoms with Gasteiger partial charge in [-0.05, 0) is 58.1 Å². The highest BCUT2D eigenvalue weighted by Crippen LogP contribution is 2.31. The first kappa shape index (κ1) is 25.6. The van der Waals surface area contributed by atoms with E-state index in [0.29, 0.717) is 24.3 Å². The SMILES string of the molecule is CN=C(NCCS(=O)C(C)(C)C)N1CCC2C(CCCN2Cc2ccccc2)C1.I. The Bertz CT molecular complexity index is 707. The predicted octanol–water partition coefficient (Wildman–Crippen LogP) is 3.71. The number of aliphatic imine (C=N–C) groups is 1. The Morgan fingerprint density at radius 3 is 2.60 bits per heavy atom. The van der Waals surface area contributed by atoms with Crippen molar-refractivity contribution in [3.63, 3.8) is 0 Å². The summed E-state index contributed by atoms with van der Waals surface area (Å²) < 4.78 is 12.1. The number of hydrogen-bond acceptors (Lipinski definition) is 3. The van der Waals surface area contributed by atoms with Crippen molar-refractivity contribution in [3.05, 3.63) is 35.9 Å². The Morgan fingerprint density at radius 2 is 1.93 bits per heavy atom. The van der Waals surface area contributed by atoms with E-state index in [1.807, 2.05) is 27.8 Å². The van der Waals surface area contributed by atoms with E-state index in [9.17, 15) is 4.21 Å². The zero-order chi connectivity index (χ0) is 20.9. The Balaban J connectivity index is 0.00000320. The quantitative estimate of drug-likeness (QED) is 0.348. The van der Waals surface area contributed by atoms with Crippen LogP contribution >= 0.6 is 24.0 Å². The lowest BCUT2D eigenvalue weighted by molar-refractivity contribution is 0.0373. The van der Waals surface area contributed by atoms with Gasteiger partial charge < -0.3 is 10.2 Å². The van der Waals surface area contributed by atoms with Crippen molar-refractivity contribution in [2.24, 2.45) is 10.9 Å². The molecule has 1 aromatic rings. The predicted molar refractivity (Wildman–Crippen MR) is 139 cm³/mol. The van der Waals surface area contributed by atoms with Crippen LogP contribution in [0.2, 0.25) is 0 Å². The maximum absolute atomic E-state index is 12.3. The van der Waals surface area contributed by atoms with E-state index < -0.39 is 10.8 Å². The molecule has 1 aromatic carbocycles. The van der Waals surface area contributed by atoms with Crippen LogP contribution in [0.1, 0.15) is 45.6 Å². The average molecular weight is 547 g/mol. The van der Waals surface area contributed by atoms with Crippen LogP contribution in [0.15, 0.2) is 35.3 Å². The number of rotatable bonds is 5. The van der Waals surface area contributed by atoms with Gasteiger partial charge >= 0.3 is 0 Å². The van der Waals surface area contributed by atoms with Gasteiger partial charge in [0.05, 0.1) is 0 Å². The number of benzene rings is 1. The fourth-order valence-electron chi connectivity index (χ4n) is 4.61. The minimum absolute atomic E-state index is 0. The van der Waals surface area contributed by atoms with Gasteiger partial charge in [0.1, 0.15) is 0 Å². The molecule has 2 aliphatic rings. The molecule has 170 valence electrons. The lowest BCUT2D eigenvalue weighted by Gasteiger charge is -2.48. The standard InChI is InChI=1S/C23H38N4OS.HI/c1-23(2,3)29(28)16-13-25-22(24-4)27-15-12-21-20(18-27)11-8-14-26(21)17-19-9-6-5-7-10-19;/h5-7,9-10,20-21H,8,11-18H2,1-4H3,(H,24,25);1H. The average Bonchev–Trinajstić information content (AvgIpc) is 2.71. The van der Waals surface area contributed by atoms with Crippen molar-refractivity contribution in [3.8, 4) is 0 Å². The summed E-state index contributed by atoms with van der Waals surface area (Å²) in [7, 11) is 1.02. The second kappa shape index (κ2) is 11.8. The van der Waals surface area contributed by atoms with Gasteiger partial charge in [-0.25, -0.2) is 0 Å². The number of guanidine groups is 1. The molecule has 7 heteroatoms. The molecule has 0 saturated carbocycles. The minimum Gasteiger partial charge on any atom is -0.355 e. The smallest absolute Gasteiger partial charge is 0.193 e. The van der Waals surface area contributed by atoms with E-state index in [1.165, 1.54) is 31.4 Å². The van der Waals surface area contributed by atoms with Crippen LogP contribution in [0.5, 0.6) is 0 Å². The van der Waals surface area contributed by atoms with E-state index in [-0.39, 0.29) is 28.7 Å². The van der Waals surface area contributed by atoms with Crippen molar-refractivity contribution >= 4 is 40.7 Å². The number of piperidine rings is 2. The maximum atomic E-state index is 12.3. The van der Waals surface area contributed by atoms with Crippen molar-refractivity contribution in [1.29, 1.82) is 0 Å². The van der Waals surface area contributed by atoms with Crippen LogP contribution in [0.25, 0.3) is 0 Å².